The highest BCUT2D eigenvalue weighted by Gasteiger charge is 2.15. The van der Waals surface area contributed by atoms with Gasteiger partial charge in [-0.1, -0.05) is 12.1 Å². The molecule has 0 saturated heterocycles. The molecule has 0 aromatic carbocycles. The summed E-state index contributed by atoms with van der Waals surface area (Å²) in [5, 5.41) is 7.14. The van der Waals surface area contributed by atoms with Gasteiger partial charge in [0.1, 0.15) is 0 Å². The van der Waals surface area contributed by atoms with E-state index in [2.05, 4.69) is 22.4 Å². The molecule has 2 aromatic heterocycles. The number of furan rings is 1. The average molecular weight is 235 g/mol. The van der Waals surface area contributed by atoms with Crippen LogP contribution in [0.15, 0.2) is 21.3 Å². The summed E-state index contributed by atoms with van der Waals surface area (Å²) in [6.07, 6.45) is 3.39. The molecule has 0 fully saturated rings. The number of aromatic nitrogens is 2. The normalized spacial score (nSPS) is 12.9. The van der Waals surface area contributed by atoms with Crippen molar-refractivity contribution >= 4 is 0 Å². The second kappa shape index (κ2) is 5.14. The van der Waals surface area contributed by atoms with Crippen LogP contribution in [-0.2, 0) is 6.42 Å². The van der Waals surface area contributed by atoms with Crippen LogP contribution in [0.3, 0.4) is 0 Å². The highest BCUT2D eigenvalue weighted by atomic mass is 16.5. The van der Waals surface area contributed by atoms with Crippen molar-refractivity contribution in [3.63, 3.8) is 0 Å². The summed E-state index contributed by atoms with van der Waals surface area (Å²) in [5.74, 6) is 1.84. The zero-order valence-corrected chi connectivity index (χ0v) is 10.4. The molecule has 0 spiro atoms. The van der Waals surface area contributed by atoms with Crippen LogP contribution in [0.1, 0.15) is 24.8 Å². The van der Waals surface area contributed by atoms with E-state index in [1.807, 2.05) is 20.0 Å². The van der Waals surface area contributed by atoms with Crippen LogP contribution in [0, 0.1) is 6.92 Å². The minimum Gasteiger partial charge on any atom is -0.461 e. The number of aryl methyl sites for hydroxylation is 1. The van der Waals surface area contributed by atoms with Crippen molar-refractivity contribution in [3.05, 3.63) is 23.8 Å². The molecule has 0 radical (unpaired) electrons. The Kier molecular flexibility index (Phi) is 3.58. The van der Waals surface area contributed by atoms with Crippen molar-refractivity contribution in [2.45, 2.75) is 32.7 Å². The van der Waals surface area contributed by atoms with Gasteiger partial charge in [-0.3, -0.25) is 0 Å². The van der Waals surface area contributed by atoms with Crippen molar-refractivity contribution in [1.82, 2.24) is 15.5 Å². The maximum Gasteiger partial charge on any atom is 0.238 e. The molecule has 1 atom stereocenters. The van der Waals surface area contributed by atoms with Crippen molar-refractivity contribution in [2.24, 2.45) is 0 Å². The Labute approximate surface area is 100 Å². The summed E-state index contributed by atoms with van der Waals surface area (Å²) in [6.45, 7) is 4.08. The first kappa shape index (κ1) is 11.9. The zero-order valence-electron chi connectivity index (χ0n) is 10.4. The second-order valence-corrected chi connectivity index (χ2v) is 4.04. The molecular formula is C12H17N3O2. The lowest BCUT2D eigenvalue weighted by Gasteiger charge is -2.09. The fourth-order valence-electron chi connectivity index (χ4n) is 1.69. The van der Waals surface area contributed by atoms with Gasteiger partial charge in [0.2, 0.25) is 11.7 Å². The fourth-order valence-corrected chi connectivity index (χ4v) is 1.69. The Balaban J connectivity index is 2.14. The molecule has 2 heterocycles. The number of likely N-dealkylation sites (N-methyl/N-ethyl adjacent to an activating group) is 1. The van der Waals surface area contributed by atoms with E-state index in [0.29, 0.717) is 23.5 Å². The molecular weight excluding hydrogens is 218 g/mol. The molecule has 1 unspecified atom stereocenters. The van der Waals surface area contributed by atoms with E-state index >= 15 is 0 Å². The van der Waals surface area contributed by atoms with E-state index in [9.17, 15) is 0 Å². The van der Waals surface area contributed by atoms with Crippen molar-refractivity contribution in [1.29, 1.82) is 0 Å². The first-order valence-electron chi connectivity index (χ1n) is 5.79. The Morgan fingerprint density at radius 3 is 2.88 bits per heavy atom. The fraction of sp³-hybridized carbons (Fsp3) is 0.500. The van der Waals surface area contributed by atoms with E-state index in [1.165, 1.54) is 0 Å². The van der Waals surface area contributed by atoms with Gasteiger partial charge < -0.3 is 14.3 Å². The van der Waals surface area contributed by atoms with Gasteiger partial charge in [-0.15, -0.1) is 0 Å². The Morgan fingerprint density at radius 1 is 1.47 bits per heavy atom. The number of hydrogen-bond acceptors (Lipinski definition) is 5. The summed E-state index contributed by atoms with van der Waals surface area (Å²) in [4.78, 5) is 4.34. The van der Waals surface area contributed by atoms with Gasteiger partial charge in [0.05, 0.1) is 6.26 Å². The largest absolute Gasteiger partial charge is 0.461 e. The Bertz CT molecular complexity index is 472. The summed E-state index contributed by atoms with van der Waals surface area (Å²) >= 11 is 0. The minimum absolute atomic E-state index is 0.362. The molecule has 2 aromatic rings. The maximum absolute atomic E-state index is 5.32. The zero-order chi connectivity index (χ0) is 12.3. The molecule has 0 amide bonds. The smallest absolute Gasteiger partial charge is 0.238 e. The lowest BCUT2D eigenvalue weighted by atomic mass is 10.1. The summed E-state index contributed by atoms with van der Waals surface area (Å²) in [7, 11) is 1.93. The van der Waals surface area contributed by atoms with Crippen molar-refractivity contribution in [2.75, 3.05) is 7.05 Å². The lowest BCUT2D eigenvalue weighted by molar-refractivity contribution is 0.358. The van der Waals surface area contributed by atoms with Crippen LogP contribution in [0.2, 0.25) is 0 Å². The van der Waals surface area contributed by atoms with Crippen LogP contribution < -0.4 is 5.32 Å². The van der Waals surface area contributed by atoms with Gasteiger partial charge in [0.15, 0.2) is 5.76 Å². The van der Waals surface area contributed by atoms with Crippen LogP contribution in [0.5, 0.6) is 0 Å². The Morgan fingerprint density at radius 2 is 2.29 bits per heavy atom. The third-order valence-corrected chi connectivity index (χ3v) is 2.86. The van der Waals surface area contributed by atoms with Crippen LogP contribution in [-0.4, -0.2) is 23.2 Å². The van der Waals surface area contributed by atoms with Crippen molar-refractivity contribution < 1.29 is 8.94 Å². The first-order chi connectivity index (χ1) is 8.24. The quantitative estimate of drug-likeness (QED) is 0.860. The highest BCUT2D eigenvalue weighted by Crippen LogP contribution is 2.21. The van der Waals surface area contributed by atoms with E-state index < -0.39 is 0 Å². The molecule has 92 valence electrons. The molecule has 0 bridgehead atoms. The van der Waals surface area contributed by atoms with Gasteiger partial charge in [-0.05, 0) is 32.0 Å². The second-order valence-electron chi connectivity index (χ2n) is 4.04. The molecule has 0 aliphatic rings. The summed E-state index contributed by atoms with van der Waals surface area (Å²) in [5.41, 5.74) is 1.01. The van der Waals surface area contributed by atoms with Gasteiger partial charge in [0, 0.05) is 12.5 Å². The highest BCUT2D eigenvalue weighted by molar-refractivity contribution is 5.50. The molecule has 0 aliphatic carbocycles. The molecule has 2 rings (SSSR count). The summed E-state index contributed by atoms with van der Waals surface area (Å²) in [6, 6.07) is 2.24. The van der Waals surface area contributed by atoms with Crippen LogP contribution >= 0.6 is 0 Å². The van der Waals surface area contributed by atoms with Gasteiger partial charge in [-0.2, -0.15) is 4.98 Å². The predicted octanol–water partition coefficient (Wildman–Crippen LogP) is 2.18. The lowest BCUT2D eigenvalue weighted by Crippen LogP contribution is -2.26. The first-order valence-corrected chi connectivity index (χ1v) is 5.79. The molecule has 5 heteroatoms. The third kappa shape index (κ3) is 2.55. The molecule has 1 N–H and O–H groups in total. The van der Waals surface area contributed by atoms with Gasteiger partial charge in [0.25, 0.3) is 0 Å². The third-order valence-electron chi connectivity index (χ3n) is 2.86. The van der Waals surface area contributed by atoms with Gasteiger partial charge in [-0.25, -0.2) is 0 Å². The maximum atomic E-state index is 5.32. The monoisotopic (exact) mass is 235 g/mol. The van der Waals surface area contributed by atoms with Crippen LogP contribution in [0.4, 0.5) is 0 Å². The SMILES string of the molecule is CCC(Cc1nc(-c2occc2C)no1)NC. The molecule has 5 nitrogen and oxygen atoms in total. The Hall–Kier alpha value is -1.62. The number of hydrogen-bond donors (Lipinski definition) is 1. The average Bonchev–Trinajstić information content (AvgIpc) is 2.94. The van der Waals surface area contributed by atoms with E-state index in [0.717, 1.165) is 18.4 Å². The number of nitrogens with zero attached hydrogens (tertiary/aromatic N) is 2. The summed E-state index contributed by atoms with van der Waals surface area (Å²) < 4.78 is 10.5. The van der Waals surface area contributed by atoms with E-state index in [-0.39, 0.29) is 0 Å². The topological polar surface area (TPSA) is 64.1 Å². The molecule has 0 saturated carbocycles. The standard InChI is InChI=1S/C12H17N3O2/c1-4-9(13-3)7-10-14-12(15-17-10)11-8(2)5-6-16-11/h5-6,9,13H,4,7H2,1-3H3. The van der Waals surface area contributed by atoms with E-state index in [1.54, 1.807) is 6.26 Å². The number of nitrogens with one attached hydrogen (secondary N) is 1. The van der Waals surface area contributed by atoms with E-state index in [4.69, 9.17) is 8.94 Å². The van der Waals surface area contributed by atoms with Crippen molar-refractivity contribution in [3.8, 4) is 11.6 Å². The van der Waals surface area contributed by atoms with Crippen LogP contribution in [0.25, 0.3) is 11.6 Å². The van der Waals surface area contributed by atoms with Gasteiger partial charge >= 0.3 is 0 Å². The minimum atomic E-state index is 0.362. The molecule has 0 aliphatic heterocycles. The molecule has 17 heavy (non-hydrogen) atoms. The number of rotatable bonds is 5. The predicted molar refractivity (Wildman–Crippen MR) is 63.6 cm³/mol.